The Morgan fingerprint density at radius 3 is 2.35 bits per heavy atom. The number of hydrogen-bond acceptors (Lipinski definition) is 3. The van der Waals surface area contributed by atoms with Crippen LogP contribution < -0.4 is 4.90 Å². The van der Waals surface area contributed by atoms with E-state index in [1.165, 1.54) is 12.3 Å². The van der Waals surface area contributed by atoms with Crippen molar-refractivity contribution in [1.29, 1.82) is 0 Å². The third-order valence-corrected chi connectivity index (χ3v) is 4.43. The minimum atomic E-state index is -4.70. The van der Waals surface area contributed by atoms with Crippen LogP contribution in [0.4, 0.5) is 32.2 Å². The van der Waals surface area contributed by atoms with Gasteiger partial charge in [-0.2, -0.15) is 26.3 Å². The van der Waals surface area contributed by atoms with Crippen molar-refractivity contribution in [2.75, 3.05) is 18.0 Å². The van der Waals surface area contributed by atoms with Crippen molar-refractivity contribution in [2.24, 2.45) is 11.8 Å². The molecule has 0 aliphatic carbocycles. The molecule has 2 aromatic rings. The van der Waals surface area contributed by atoms with Gasteiger partial charge in [0.1, 0.15) is 5.82 Å². The predicted octanol–water partition coefficient (Wildman–Crippen LogP) is 3.95. The van der Waals surface area contributed by atoms with Crippen LogP contribution in [0.3, 0.4) is 0 Å². The number of halogens is 6. The number of alkyl halides is 6. The van der Waals surface area contributed by atoms with Gasteiger partial charge in [-0.15, -0.1) is 0 Å². The number of aromatic nitrogens is 1. The van der Waals surface area contributed by atoms with Crippen LogP contribution in [0, 0.1) is 11.8 Å². The lowest BCUT2D eigenvalue weighted by atomic mass is 9.96. The molecule has 1 aliphatic heterocycles. The maximum absolute atomic E-state index is 13.1. The summed E-state index contributed by atoms with van der Waals surface area (Å²) >= 11 is 0. The molecule has 1 fully saturated rings. The molecule has 1 N–H and O–H groups in total. The van der Waals surface area contributed by atoms with Crippen LogP contribution in [0.2, 0.25) is 0 Å². The molecule has 0 unspecified atom stereocenters. The standard InChI is InChI=1S/C16H12F6N2O2/c17-15(18,19)9-1-2-10-8(5-9)3-4-23-13(10)24-6-11(14(25)26)12(7-24)16(20,21)22/h1-5,11-12H,6-7H2,(H,25,26)/t11-,12-/m1/s1. The molecule has 26 heavy (non-hydrogen) atoms. The molecule has 0 saturated carbocycles. The number of rotatable bonds is 2. The van der Waals surface area contributed by atoms with Crippen molar-refractivity contribution in [3.8, 4) is 0 Å². The van der Waals surface area contributed by atoms with Gasteiger partial charge in [-0.1, -0.05) is 6.07 Å². The fourth-order valence-corrected chi connectivity index (χ4v) is 3.15. The molecular weight excluding hydrogens is 366 g/mol. The average molecular weight is 378 g/mol. The summed E-state index contributed by atoms with van der Waals surface area (Å²) in [6.07, 6.45) is -8.07. The zero-order valence-electron chi connectivity index (χ0n) is 13.0. The molecule has 1 aromatic heterocycles. The van der Waals surface area contributed by atoms with E-state index in [0.717, 1.165) is 23.1 Å². The SMILES string of the molecule is O=C(O)[C@@H]1CN(c2nccc3cc(C(F)(F)F)ccc23)C[C@H]1C(F)(F)F. The van der Waals surface area contributed by atoms with Crippen LogP contribution in [0.15, 0.2) is 30.5 Å². The minimum absolute atomic E-state index is 0.0363. The number of carboxylic acid groups (broad SMARTS) is 1. The highest BCUT2D eigenvalue weighted by Crippen LogP contribution is 2.41. The lowest BCUT2D eigenvalue weighted by Gasteiger charge is -2.20. The van der Waals surface area contributed by atoms with Gasteiger partial charge in [-0.05, 0) is 23.6 Å². The van der Waals surface area contributed by atoms with Crippen LogP contribution >= 0.6 is 0 Å². The Kier molecular flexibility index (Phi) is 4.24. The predicted molar refractivity (Wildman–Crippen MR) is 79.6 cm³/mol. The molecule has 3 rings (SSSR count). The highest BCUT2D eigenvalue weighted by Gasteiger charge is 2.53. The molecule has 0 bridgehead atoms. The van der Waals surface area contributed by atoms with Gasteiger partial charge >= 0.3 is 18.3 Å². The summed E-state index contributed by atoms with van der Waals surface area (Å²) in [5.41, 5.74) is -0.889. The Balaban J connectivity index is 2.02. The third kappa shape index (κ3) is 3.27. The molecule has 10 heteroatoms. The van der Waals surface area contributed by atoms with E-state index < -0.39 is 48.8 Å². The molecule has 1 saturated heterocycles. The maximum Gasteiger partial charge on any atom is 0.416 e. The average Bonchev–Trinajstić information content (AvgIpc) is 2.98. The second-order valence-corrected chi connectivity index (χ2v) is 6.07. The van der Waals surface area contributed by atoms with Crippen molar-refractivity contribution in [1.82, 2.24) is 4.98 Å². The number of carboxylic acids is 1. The Morgan fingerprint density at radius 2 is 1.81 bits per heavy atom. The normalized spacial score (nSPS) is 21.4. The lowest BCUT2D eigenvalue weighted by molar-refractivity contribution is -0.187. The first-order valence-electron chi connectivity index (χ1n) is 7.49. The van der Waals surface area contributed by atoms with E-state index in [1.54, 1.807) is 0 Å². The van der Waals surface area contributed by atoms with Crippen LogP contribution in [0.25, 0.3) is 10.8 Å². The molecule has 0 spiro atoms. The Hall–Kier alpha value is -2.52. The van der Waals surface area contributed by atoms with Crippen molar-refractivity contribution in [2.45, 2.75) is 12.4 Å². The van der Waals surface area contributed by atoms with Gasteiger partial charge in [0.2, 0.25) is 0 Å². The number of anilines is 1. The largest absolute Gasteiger partial charge is 0.481 e. The number of fused-ring (bicyclic) bond motifs is 1. The van der Waals surface area contributed by atoms with Gasteiger partial charge in [0.15, 0.2) is 0 Å². The van der Waals surface area contributed by atoms with Crippen LogP contribution in [-0.2, 0) is 11.0 Å². The number of aliphatic carboxylic acids is 1. The van der Waals surface area contributed by atoms with E-state index >= 15 is 0 Å². The van der Waals surface area contributed by atoms with Gasteiger partial charge in [-0.3, -0.25) is 4.79 Å². The van der Waals surface area contributed by atoms with E-state index in [1.807, 2.05) is 0 Å². The number of hydrogen-bond donors (Lipinski definition) is 1. The second-order valence-electron chi connectivity index (χ2n) is 6.07. The molecular formula is C16H12F6N2O2. The summed E-state index contributed by atoms with van der Waals surface area (Å²) in [5.74, 6) is -5.28. The first-order valence-corrected chi connectivity index (χ1v) is 7.49. The molecule has 1 aromatic carbocycles. The number of benzene rings is 1. The highest BCUT2D eigenvalue weighted by atomic mass is 19.4. The smallest absolute Gasteiger partial charge is 0.416 e. The Labute approximate surface area is 143 Å². The summed E-state index contributed by atoms with van der Waals surface area (Å²) in [6.45, 7) is -1.04. The minimum Gasteiger partial charge on any atom is -0.481 e. The number of pyridine rings is 1. The summed E-state index contributed by atoms with van der Waals surface area (Å²) in [5, 5.41) is 9.47. The van der Waals surface area contributed by atoms with E-state index in [4.69, 9.17) is 5.11 Å². The lowest BCUT2D eigenvalue weighted by Crippen LogP contribution is -2.33. The molecule has 140 valence electrons. The molecule has 1 aliphatic rings. The summed E-state index contributed by atoms with van der Waals surface area (Å²) in [7, 11) is 0. The zero-order chi connectivity index (χ0) is 19.3. The van der Waals surface area contributed by atoms with Gasteiger partial charge < -0.3 is 10.0 Å². The van der Waals surface area contributed by atoms with Crippen LogP contribution in [0.1, 0.15) is 5.56 Å². The number of nitrogens with zero attached hydrogens (tertiary/aromatic N) is 2. The first-order chi connectivity index (χ1) is 12.0. The van der Waals surface area contributed by atoms with E-state index in [9.17, 15) is 31.1 Å². The zero-order valence-corrected chi connectivity index (χ0v) is 13.0. The topological polar surface area (TPSA) is 53.4 Å². The fraction of sp³-hybridized carbons (Fsp3) is 0.375. The second kappa shape index (κ2) is 6.03. The Bertz CT molecular complexity index is 849. The summed E-state index contributed by atoms with van der Waals surface area (Å²) in [4.78, 5) is 16.3. The van der Waals surface area contributed by atoms with Gasteiger partial charge in [0, 0.05) is 24.7 Å². The third-order valence-electron chi connectivity index (χ3n) is 4.43. The van der Waals surface area contributed by atoms with Crippen molar-refractivity contribution in [3.05, 3.63) is 36.0 Å². The first kappa shape index (κ1) is 18.3. The number of carbonyl (C=O) groups is 1. The maximum atomic E-state index is 13.1. The van der Waals surface area contributed by atoms with Gasteiger partial charge in [0.25, 0.3) is 0 Å². The monoisotopic (exact) mass is 378 g/mol. The highest BCUT2D eigenvalue weighted by molar-refractivity contribution is 5.93. The fourth-order valence-electron chi connectivity index (χ4n) is 3.15. The van der Waals surface area contributed by atoms with E-state index in [-0.39, 0.29) is 16.6 Å². The molecule has 0 amide bonds. The van der Waals surface area contributed by atoms with Crippen LogP contribution in [0.5, 0.6) is 0 Å². The summed E-state index contributed by atoms with van der Waals surface area (Å²) < 4.78 is 77.8. The van der Waals surface area contributed by atoms with Crippen LogP contribution in [-0.4, -0.2) is 35.3 Å². The Morgan fingerprint density at radius 1 is 1.12 bits per heavy atom. The molecule has 2 atom stereocenters. The summed E-state index contributed by atoms with van der Waals surface area (Å²) in [6, 6.07) is 4.16. The van der Waals surface area contributed by atoms with E-state index in [2.05, 4.69) is 4.98 Å². The molecule has 0 radical (unpaired) electrons. The molecule has 4 nitrogen and oxygen atoms in total. The van der Waals surface area contributed by atoms with E-state index in [0.29, 0.717) is 0 Å². The quantitative estimate of drug-likeness (QED) is 0.804. The van der Waals surface area contributed by atoms with Gasteiger partial charge in [-0.25, -0.2) is 4.98 Å². The molecule has 2 heterocycles. The van der Waals surface area contributed by atoms with Gasteiger partial charge in [0.05, 0.1) is 17.4 Å². The van der Waals surface area contributed by atoms with Crippen molar-refractivity contribution in [3.63, 3.8) is 0 Å². The van der Waals surface area contributed by atoms with Crippen molar-refractivity contribution < 1.29 is 36.2 Å². The van der Waals surface area contributed by atoms with Crippen molar-refractivity contribution >= 4 is 22.6 Å².